The normalized spacial score (nSPS) is 12.5. The number of nitrogens with zero attached hydrogens (tertiary/aromatic N) is 8. The van der Waals surface area contributed by atoms with E-state index in [9.17, 15) is 9.90 Å². The van der Waals surface area contributed by atoms with E-state index in [1.54, 1.807) is 16.9 Å². The Labute approximate surface area is 450 Å². The minimum atomic E-state index is -1.90. The lowest BCUT2D eigenvalue weighted by molar-refractivity contribution is 0.0499. The molecule has 5 N–H and O–H groups in total. The van der Waals surface area contributed by atoms with Gasteiger partial charge in [0, 0.05) is 34.5 Å². The Balaban J connectivity index is 0.000000285. The molecule has 18 heteroatoms. The summed E-state index contributed by atoms with van der Waals surface area (Å²) in [4.78, 5) is 31.7. The maximum absolute atomic E-state index is 12.6. The molecule has 394 valence electrons. The molecule has 6 aromatic heterocycles. The first-order valence-electron chi connectivity index (χ1n) is 24.8. The first-order valence-corrected chi connectivity index (χ1v) is 27.7. The second-order valence-corrected chi connectivity index (χ2v) is 25.4. The number of aromatic nitrogens is 8. The van der Waals surface area contributed by atoms with Gasteiger partial charge in [-0.15, -0.1) is 0 Å². The number of nitrogens with one attached hydrogen (secondary N) is 1. The second-order valence-electron chi connectivity index (χ2n) is 20.6. The number of aliphatic hydroxyl groups is 2. The zero-order chi connectivity index (χ0) is 51.6. The average Bonchev–Trinajstić information content (AvgIpc) is 4.00. The fourth-order valence-corrected chi connectivity index (χ4v) is 8.71. The molecule has 0 bridgehead atoms. The fourth-order valence-electron chi connectivity index (χ4n) is 7.77. The van der Waals surface area contributed by atoms with Crippen molar-refractivity contribution >= 4 is 63.2 Å². The van der Waals surface area contributed by atoms with Crippen LogP contribution in [0.1, 0.15) is 115 Å². The molecule has 8 aromatic rings. The van der Waals surface area contributed by atoms with Crippen LogP contribution in [0.3, 0.4) is 0 Å². The zero-order valence-corrected chi connectivity index (χ0v) is 47.1. The van der Waals surface area contributed by atoms with Gasteiger partial charge in [0.25, 0.3) is 0 Å². The van der Waals surface area contributed by atoms with Crippen LogP contribution >= 0.6 is 27.0 Å². The summed E-state index contributed by atoms with van der Waals surface area (Å²) >= 11 is 0. The summed E-state index contributed by atoms with van der Waals surface area (Å²) in [7, 11) is -1.90. The van der Waals surface area contributed by atoms with Gasteiger partial charge >= 0.3 is 6.09 Å². The number of carbonyl (C=O) groups excluding carboxylic acids is 1. The molecule has 0 spiro atoms. The van der Waals surface area contributed by atoms with E-state index in [1.807, 2.05) is 117 Å². The number of hydrogen-bond donors (Lipinski definition) is 4. The van der Waals surface area contributed by atoms with E-state index >= 15 is 0 Å². The number of hydrogen-bond acceptors (Lipinski definition) is 12. The van der Waals surface area contributed by atoms with Crippen LogP contribution in [0.5, 0.6) is 0 Å². The van der Waals surface area contributed by atoms with Crippen LogP contribution in [-0.4, -0.2) is 76.3 Å². The highest BCUT2D eigenvalue weighted by atomic mass is 32.1. The number of carbonyl (C=O) groups is 1. The summed E-state index contributed by atoms with van der Waals surface area (Å²) in [6.45, 7) is 19.4. The molecule has 2 aromatic carbocycles. The van der Waals surface area contributed by atoms with E-state index in [4.69, 9.17) is 35.0 Å². The molecule has 8 rings (SSSR count). The van der Waals surface area contributed by atoms with Gasteiger partial charge in [0.05, 0.1) is 76.8 Å². The quantitative estimate of drug-likeness (QED) is 0.0630. The largest absolute Gasteiger partial charge is 0.444 e. The number of ether oxygens (including phenoxy) is 1. The molecule has 0 aliphatic carbocycles. The van der Waals surface area contributed by atoms with Crippen LogP contribution in [0.4, 0.5) is 4.79 Å². The smallest absolute Gasteiger partial charge is 0.408 e. The Morgan fingerprint density at radius 1 is 0.689 bits per heavy atom. The van der Waals surface area contributed by atoms with Crippen molar-refractivity contribution in [3.8, 4) is 34.2 Å². The fraction of sp³-hybridized carbons (Fsp3) is 0.375. The summed E-state index contributed by atoms with van der Waals surface area (Å²) < 4.78 is 15.6. The monoisotopic (exact) mass is 1060 g/mol. The van der Waals surface area contributed by atoms with Gasteiger partial charge in [-0.25, -0.2) is 24.1 Å². The Bertz CT molecular complexity index is 3100. The van der Waals surface area contributed by atoms with Crippen molar-refractivity contribution in [2.75, 3.05) is 6.61 Å². The third-order valence-electron chi connectivity index (χ3n) is 12.8. The molecule has 15 nitrogen and oxygen atoms in total. The molecule has 0 saturated heterocycles. The maximum Gasteiger partial charge on any atom is 0.408 e. The molecule has 0 saturated carbocycles. The van der Waals surface area contributed by atoms with Crippen molar-refractivity contribution < 1.29 is 24.2 Å². The van der Waals surface area contributed by atoms with Crippen molar-refractivity contribution in [1.82, 2.24) is 44.8 Å². The van der Waals surface area contributed by atoms with Crippen LogP contribution in [0.15, 0.2) is 122 Å². The van der Waals surface area contributed by atoms with Crippen LogP contribution in [-0.2, 0) is 22.4 Å². The van der Waals surface area contributed by atoms with Crippen molar-refractivity contribution in [1.29, 1.82) is 0 Å². The van der Waals surface area contributed by atoms with Gasteiger partial charge in [-0.1, -0.05) is 89.1 Å². The van der Waals surface area contributed by atoms with Crippen molar-refractivity contribution in [2.45, 2.75) is 130 Å². The highest BCUT2D eigenvalue weighted by molar-refractivity contribution is 7.59. The van der Waals surface area contributed by atoms with Crippen LogP contribution in [0, 0.1) is 0 Å². The highest BCUT2D eigenvalue weighted by Gasteiger charge is 2.37. The Morgan fingerprint density at radius 3 is 1.74 bits per heavy atom. The number of aliphatic hydroxyl groups excluding tert-OH is 2. The van der Waals surface area contributed by atoms with Gasteiger partial charge in [0.1, 0.15) is 5.60 Å². The molecule has 0 aliphatic rings. The van der Waals surface area contributed by atoms with Gasteiger partial charge < -0.3 is 30.4 Å². The van der Waals surface area contributed by atoms with E-state index in [1.165, 1.54) is 0 Å². The molecule has 0 radical (unpaired) electrons. The summed E-state index contributed by atoms with van der Waals surface area (Å²) in [6, 6.07) is 35.0. The Kier molecular flexibility index (Phi) is 20.7. The van der Waals surface area contributed by atoms with Crippen LogP contribution < -0.4 is 11.1 Å². The average molecular weight is 1060 g/mol. The summed E-state index contributed by atoms with van der Waals surface area (Å²) in [5, 5.41) is 32.7. The Morgan fingerprint density at radius 2 is 1.22 bits per heavy atom. The Hall–Kier alpha value is -5.99. The second kappa shape index (κ2) is 26.0. The molecule has 0 aliphatic heterocycles. The number of unbranched alkanes of at least 4 members (excludes halogenated alkanes) is 1. The number of benzene rings is 2. The van der Waals surface area contributed by atoms with Crippen molar-refractivity contribution in [3.63, 3.8) is 0 Å². The molecule has 74 heavy (non-hydrogen) atoms. The minimum Gasteiger partial charge on any atom is -0.444 e. The lowest BCUT2D eigenvalue weighted by atomic mass is 10.0. The van der Waals surface area contributed by atoms with Crippen molar-refractivity contribution in [3.05, 3.63) is 144 Å². The standard InChI is InChI=1S/C34H47N5O3Si.C22H23N5O2.2H2S/c1-10-11-15-29(38-32(40)42-33(2,3)4)28-17-13-16-27(37-28)24-19-20-25-22-35-39(30(25)21-24)31-18-12-14-26(36-31)23-41-43(8,9)34(5,6)7;23-18(5-3-11-28)20-7-2-6-19(26-20)15-9-10-16-13-24-27(21(16)12-15)22-8-1-4-17(14-29)25-22;;/h12-14,16-22,29H,10-11,15,23H2,1-9H3,(H,38,40);1-2,4,6-10,12-13,18,28-29H,3,5,11,14,23H2;2*1H2/t29-;18-;;/m00../s1. The summed E-state index contributed by atoms with van der Waals surface area (Å²) in [5.41, 5.74) is 14.1. The lowest BCUT2D eigenvalue weighted by Crippen LogP contribution is -2.40. The summed E-state index contributed by atoms with van der Waals surface area (Å²) in [6.07, 6.45) is 7.31. The number of pyridine rings is 4. The summed E-state index contributed by atoms with van der Waals surface area (Å²) in [5.74, 6) is 1.39. The maximum atomic E-state index is 12.6. The van der Waals surface area contributed by atoms with Crippen LogP contribution in [0.25, 0.3) is 56.0 Å². The van der Waals surface area contributed by atoms with E-state index < -0.39 is 20.0 Å². The molecule has 1 amide bonds. The predicted molar refractivity (Wildman–Crippen MR) is 308 cm³/mol. The first-order chi connectivity index (χ1) is 34.4. The van der Waals surface area contributed by atoms with Gasteiger partial charge in [-0.05, 0) is 119 Å². The number of rotatable bonds is 17. The molecule has 6 heterocycles. The number of fused-ring (bicyclic) bond motifs is 2. The molecule has 0 fully saturated rings. The van der Waals surface area contributed by atoms with Crippen molar-refractivity contribution in [2.24, 2.45) is 5.73 Å². The van der Waals surface area contributed by atoms with E-state index in [2.05, 4.69) is 79.5 Å². The third-order valence-corrected chi connectivity index (χ3v) is 17.3. The van der Waals surface area contributed by atoms with Gasteiger partial charge in [0.2, 0.25) is 0 Å². The topological polar surface area (TPSA) is 201 Å². The van der Waals surface area contributed by atoms with Gasteiger partial charge in [-0.2, -0.15) is 37.2 Å². The molecule has 2 atom stereocenters. The van der Waals surface area contributed by atoms with E-state index in [-0.39, 0.29) is 57.3 Å². The third kappa shape index (κ3) is 15.1. The number of alkyl carbamates (subject to hydrolysis) is 1. The highest BCUT2D eigenvalue weighted by Crippen LogP contribution is 2.37. The number of amides is 1. The zero-order valence-electron chi connectivity index (χ0n) is 44.1. The van der Waals surface area contributed by atoms with Crippen LogP contribution in [0.2, 0.25) is 18.1 Å². The first kappa shape index (κ1) is 58.9. The molecular formula is C56H74N10O5S2Si. The predicted octanol–water partition coefficient (Wildman–Crippen LogP) is 11.7. The lowest BCUT2D eigenvalue weighted by Gasteiger charge is -2.36. The van der Waals surface area contributed by atoms with Gasteiger partial charge in [0.15, 0.2) is 20.0 Å². The van der Waals surface area contributed by atoms with Gasteiger partial charge in [-0.3, -0.25) is 9.97 Å². The molecule has 0 unspecified atom stereocenters. The SMILES string of the molecule is CCCC[C@H](NC(=O)OC(C)(C)C)c1cccc(-c2ccc3cnn(-c4cccc(CO[Si](C)(C)C(C)(C)C)n4)c3c2)n1.N[C@@H](CCCO)c1cccc(-c2ccc3cnn(-c4cccc(CO)n4)c3c2)n1.S.S. The molecular weight excluding hydrogens is 985 g/mol. The number of nitrogens with two attached hydrogens (primary N) is 1. The van der Waals surface area contributed by atoms with E-state index in [0.29, 0.717) is 31.0 Å². The van der Waals surface area contributed by atoms with E-state index in [0.717, 1.165) is 86.5 Å². The minimum absolute atomic E-state index is 0.